The van der Waals surface area contributed by atoms with Crippen molar-refractivity contribution in [3.8, 4) is 0 Å². The molecule has 2 heterocycles. The number of ether oxygens (including phenoxy) is 1. The van der Waals surface area contributed by atoms with Gasteiger partial charge in [0.2, 0.25) is 0 Å². The number of amides is 1. The molecule has 5 nitrogen and oxygen atoms in total. The van der Waals surface area contributed by atoms with Crippen LogP contribution < -0.4 is 5.32 Å². The largest absolute Gasteiger partial charge is 0.445 e. The Labute approximate surface area is 188 Å². The predicted molar refractivity (Wildman–Crippen MR) is 130 cm³/mol. The van der Waals surface area contributed by atoms with E-state index in [9.17, 15) is 4.79 Å². The minimum Gasteiger partial charge on any atom is -0.445 e. The molecule has 3 aromatic carbocycles. The first kappa shape index (κ1) is 20.6. The van der Waals surface area contributed by atoms with Crippen LogP contribution in [0.15, 0.2) is 72.8 Å². The van der Waals surface area contributed by atoms with E-state index >= 15 is 0 Å². The number of likely N-dealkylation sites (tertiary alicyclic amines) is 1. The quantitative estimate of drug-likeness (QED) is 0.431. The molecule has 1 aliphatic heterocycles. The third-order valence-electron chi connectivity index (χ3n) is 6.40. The van der Waals surface area contributed by atoms with Crippen LogP contribution >= 0.6 is 0 Å². The molecule has 5 heteroatoms. The summed E-state index contributed by atoms with van der Waals surface area (Å²) in [5.74, 6) is 0. The number of rotatable bonds is 6. The van der Waals surface area contributed by atoms with Gasteiger partial charge in [-0.05, 0) is 49.6 Å². The maximum absolute atomic E-state index is 12.6. The molecule has 1 N–H and O–H groups in total. The van der Waals surface area contributed by atoms with E-state index in [2.05, 4.69) is 76.3 Å². The number of para-hydroxylation sites is 1. The number of benzene rings is 3. The van der Waals surface area contributed by atoms with E-state index < -0.39 is 0 Å². The number of fused-ring (bicyclic) bond motifs is 3. The molecule has 0 radical (unpaired) electrons. The fraction of sp³-hybridized carbons (Fsp3) is 0.296. The van der Waals surface area contributed by atoms with E-state index in [1.807, 2.05) is 18.2 Å². The zero-order chi connectivity index (χ0) is 21.9. The summed E-state index contributed by atoms with van der Waals surface area (Å²) in [5.41, 5.74) is 4.50. The highest BCUT2D eigenvalue weighted by atomic mass is 16.6. The minimum absolute atomic E-state index is 0.0588. The number of carbonyl (C=O) groups is 1. The van der Waals surface area contributed by atoms with Crippen LogP contribution in [0.25, 0.3) is 21.8 Å². The molecule has 0 aliphatic carbocycles. The average Bonchev–Trinajstić information content (AvgIpc) is 3.40. The van der Waals surface area contributed by atoms with Gasteiger partial charge in [-0.1, -0.05) is 48.5 Å². The minimum atomic E-state index is -0.376. The van der Waals surface area contributed by atoms with Gasteiger partial charge >= 0.3 is 6.09 Å². The van der Waals surface area contributed by atoms with E-state index in [1.165, 1.54) is 22.0 Å². The van der Waals surface area contributed by atoms with Crippen LogP contribution in [0.1, 0.15) is 18.9 Å². The van der Waals surface area contributed by atoms with Crippen molar-refractivity contribution in [2.75, 3.05) is 25.0 Å². The number of hydrogen-bond acceptors (Lipinski definition) is 3. The molecule has 5 rings (SSSR count). The fourth-order valence-corrected chi connectivity index (χ4v) is 4.80. The van der Waals surface area contributed by atoms with Crippen molar-refractivity contribution in [2.45, 2.75) is 32.4 Å². The summed E-state index contributed by atoms with van der Waals surface area (Å²) in [4.78, 5) is 14.9. The van der Waals surface area contributed by atoms with Gasteiger partial charge in [-0.25, -0.2) is 4.79 Å². The van der Waals surface area contributed by atoms with Crippen LogP contribution in [0.4, 0.5) is 10.5 Å². The summed E-state index contributed by atoms with van der Waals surface area (Å²) in [6, 6.07) is 25.0. The molecular weight excluding hydrogens is 398 g/mol. The first-order chi connectivity index (χ1) is 15.7. The molecule has 1 aliphatic rings. The van der Waals surface area contributed by atoms with Crippen molar-refractivity contribution >= 4 is 33.6 Å². The third-order valence-corrected chi connectivity index (χ3v) is 6.40. The van der Waals surface area contributed by atoms with Gasteiger partial charge in [-0.15, -0.1) is 0 Å². The van der Waals surface area contributed by atoms with Gasteiger partial charge in [0.25, 0.3) is 0 Å². The molecule has 0 bridgehead atoms. The lowest BCUT2D eigenvalue weighted by Gasteiger charge is -2.16. The van der Waals surface area contributed by atoms with Crippen molar-refractivity contribution in [3.05, 3.63) is 78.4 Å². The second-order valence-electron chi connectivity index (χ2n) is 8.47. The molecule has 0 spiro atoms. The average molecular weight is 428 g/mol. The van der Waals surface area contributed by atoms with Crippen molar-refractivity contribution in [2.24, 2.45) is 0 Å². The molecule has 164 valence electrons. The SMILES string of the molecule is CCn1c2ccccc2c2cc(NC(=O)OC3CCN(CCc4ccccc4)C3)ccc21. The van der Waals surface area contributed by atoms with Crippen LogP contribution in [-0.2, 0) is 17.7 Å². The zero-order valence-electron chi connectivity index (χ0n) is 18.5. The molecule has 1 amide bonds. The Hall–Kier alpha value is -3.31. The lowest BCUT2D eigenvalue weighted by Crippen LogP contribution is -2.28. The van der Waals surface area contributed by atoms with Gasteiger partial charge in [-0.3, -0.25) is 10.2 Å². The fourth-order valence-electron chi connectivity index (χ4n) is 4.80. The lowest BCUT2D eigenvalue weighted by molar-refractivity contribution is 0.114. The number of aromatic nitrogens is 1. The summed E-state index contributed by atoms with van der Waals surface area (Å²) in [7, 11) is 0. The summed E-state index contributed by atoms with van der Waals surface area (Å²) in [5, 5.41) is 5.28. The standard InChI is InChI=1S/C27H29N3O2/c1-2-30-25-11-7-6-10-23(25)24-18-21(12-13-26(24)30)28-27(31)32-22-15-17-29(19-22)16-14-20-8-4-3-5-9-20/h3-13,18,22H,2,14-17,19H2,1H3,(H,28,31). The summed E-state index contributed by atoms with van der Waals surface area (Å²) in [6.07, 6.45) is 1.46. The summed E-state index contributed by atoms with van der Waals surface area (Å²) in [6.45, 7) is 5.81. The van der Waals surface area contributed by atoms with Gasteiger partial charge in [0.1, 0.15) is 6.10 Å². The molecule has 4 aromatic rings. The first-order valence-corrected chi connectivity index (χ1v) is 11.5. The maximum Gasteiger partial charge on any atom is 0.411 e. The molecule has 1 atom stereocenters. The second-order valence-corrected chi connectivity index (χ2v) is 8.47. The van der Waals surface area contributed by atoms with Crippen LogP contribution in [0.5, 0.6) is 0 Å². The molecular formula is C27H29N3O2. The first-order valence-electron chi connectivity index (χ1n) is 11.5. The van der Waals surface area contributed by atoms with Crippen LogP contribution in [0.3, 0.4) is 0 Å². The Kier molecular flexibility index (Phi) is 5.82. The van der Waals surface area contributed by atoms with Crippen molar-refractivity contribution in [3.63, 3.8) is 0 Å². The topological polar surface area (TPSA) is 46.5 Å². The molecule has 1 aromatic heterocycles. The molecule has 1 fully saturated rings. The highest BCUT2D eigenvalue weighted by molar-refractivity contribution is 6.09. The Morgan fingerprint density at radius 2 is 1.78 bits per heavy atom. The zero-order valence-corrected chi connectivity index (χ0v) is 18.5. The molecule has 1 unspecified atom stereocenters. The van der Waals surface area contributed by atoms with Gasteiger partial charge < -0.3 is 9.30 Å². The summed E-state index contributed by atoms with van der Waals surface area (Å²) < 4.78 is 8.03. The number of nitrogens with one attached hydrogen (secondary N) is 1. The number of aryl methyl sites for hydroxylation is 1. The smallest absolute Gasteiger partial charge is 0.411 e. The van der Waals surface area contributed by atoms with E-state index in [0.29, 0.717) is 0 Å². The lowest BCUT2D eigenvalue weighted by atomic mass is 10.1. The van der Waals surface area contributed by atoms with Crippen LogP contribution in [0.2, 0.25) is 0 Å². The van der Waals surface area contributed by atoms with Crippen LogP contribution in [-0.4, -0.2) is 41.3 Å². The van der Waals surface area contributed by atoms with Crippen LogP contribution in [0, 0.1) is 0 Å². The van der Waals surface area contributed by atoms with E-state index in [-0.39, 0.29) is 12.2 Å². The highest BCUT2D eigenvalue weighted by Crippen LogP contribution is 2.31. The van der Waals surface area contributed by atoms with Crippen molar-refractivity contribution in [1.29, 1.82) is 0 Å². The Morgan fingerprint density at radius 1 is 1.00 bits per heavy atom. The van der Waals surface area contributed by atoms with E-state index in [1.54, 1.807) is 0 Å². The van der Waals surface area contributed by atoms with Gasteiger partial charge in [0, 0.05) is 53.7 Å². The third kappa shape index (κ3) is 4.21. The molecule has 0 saturated carbocycles. The highest BCUT2D eigenvalue weighted by Gasteiger charge is 2.25. The monoisotopic (exact) mass is 427 g/mol. The van der Waals surface area contributed by atoms with Crippen molar-refractivity contribution in [1.82, 2.24) is 9.47 Å². The Bertz CT molecular complexity index is 1230. The molecule has 32 heavy (non-hydrogen) atoms. The number of nitrogens with zero attached hydrogens (tertiary/aromatic N) is 2. The normalized spacial score (nSPS) is 16.6. The Balaban J connectivity index is 1.20. The summed E-state index contributed by atoms with van der Waals surface area (Å²) >= 11 is 0. The van der Waals surface area contributed by atoms with Crippen molar-refractivity contribution < 1.29 is 9.53 Å². The van der Waals surface area contributed by atoms with E-state index in [4.69, 9.17) is 4.74 Å². The van der Waals surface area contributed by atoms with Gasteiger partial charge in [-0.2, -0.15) is 0 Å². The molecule has 1 saturated heterocycles. The number of carbonyl (C=O) groups excluding carboxylic acids is 1. The Morgan fingerprint density at radius 3 is 2.62 bits per heavy atom. The maximum atomic E-state index is 12.6. The number of hydrogen-bond donors (Lipinski definition) is 1. The second kappa shape index (κ2) is 9.05. The van der Waals surface area contributed by atoms with E-state index in [0.717, 1.165) is 50.1 Å². The predicted octanol–water partition coefficient (Wildman–Crippen LogP) is 5.68. The number of anilines is 1. The van der Waals surface area contributed by atoms with Gasteiger partial charge in [0.15, 0.2) is 0 Å². The van der Waals surface area contributed by atoms with Gasteiger partial charge in [0.05, 0.1) is 0 Å².